The molecule has 0 fully saturated rings. The summed E-state index contributed by atoms with van der Waals surface area (Å²) < 4.78 is 5.94. The van der Waals surface area contributed by atoms with Crippen LogP contribution in [0.15, 0.2) is 53.0 Å². The van der Waals surface area contributed by atoms with Crippen molar-refractivity contribution in [1.82, 2.24) is 0 Å². The van der Waals surface area contributed by atoms with Crippen molar-refractivity contribution in [3.8, 4) is 11.8 Å². The molecular formula is C16H12BrNO2. The summed E-state index contributed by atoms with van der Waals surface area (Å²) in [6.07, 6.45) is 0. The van der Waals surface area contributed by atoms with E-state index in [1.165, 1.54) is 0 Å². The number of hydrogen-bond donors (Lipinski definition) is 0. The summed E-state index contributed by atoms with van der Waals surface area (Å²) in [5, 5.41) is 9.32. The summed E-state index contributed by atoms with van der Waals surface area (Å²) in [7, 11) is 1.55. The highest BCUT2D eigenvalue weighted by atomic mass is 79.9. The van der Waals surface area contributed by atoms with Crippen LogP contribution in [0, 0.1) is 11.3 Å². The molecule has 0 saturated heterocycles. The van der Waals surface area contributed by atoms with E-state index in [0.29, 0.717) is 16.9 Å². The molecule has 0 aliphatic heterocycles. The average Bonchev–Trinajstić information content (AvgIpc) is 2.48. The van der Waals surface area contributed by atoms with Crippen molar-refractivity contribution in [2.24, 2.45) is 0 Å². The third-order valence-electron chi connectivity index (χ3n) is 2.93. The summed E-state index contributed by atoms with van der Waals surface area (Å²) in [4.78, 5) is 12.4. The molecule has 1 unspecified atom stereocenters. The average molecular weight is 330 g/mol. The number of nitriles is 1. The summed E-state index contributed by atoms with van der Waals surface area (Å²) >= 11 is 3.33. The number of carbonyl (C=O) groups is 1. The van der Waals surface area contributed by atoms with Crippen LogP contribution in [0.2, 0.25) is 0 Å². The van der Waals surface area contributed by atoms with Gasteiger partial charge in [-0.2, -0.15) is 5.26 Å². The van der Waals surface area contributed by atoms with Gasteiger partial charge in [-0.15, -0.1) is 0 Å². The summed E-state index contributed by atoms with van der Waals surface area (Å²) in [6.45, 7) is 0. The van der Waals surface area contributed by atoms with Gasteiger partial charge in [0, 0.05) is 10.0 Å². The van der Waals surface area contributed by atoms with Crippen LogP contribution in [0.3, 0.4) is 0 Å². The van der Waals surface area contributed by atoms with Crippen molar-refractivity contribution in [3.05, 3.63) is 64.1 Å². The van der Waals surface area contributed by atoms with Gasteiger partial charge in [-0.25, -0.2) is 0 Å². The Labute approximate surface area is 125 Å². The largest absolute Gasteiger partial charge is 0.497 e. The zero-order chi connectivity index (χ0) is 14.5. The Balaban J connectivity index is 2.37. The van der Waals surface area contributed by atoms with Crippen molar-refractivity contribution in [3.63, 3.8) is 0 Å². The molecule has 0 aliphatic carbocycles. The van der Waals surface area contributed by atoms with Crippen molar-refractivity contribution in [2.45, 2.75) is 5.92 Å². The van der Waals surface area contributed by atoms with E-state index in [4.69, 9.17) is 4.74 Å². The monoisotopic (exact) mass is 329 g/mol. The fourth-order valence-electron chi connectivity index (χ4n) is 1.91. The molecule has 0 heterocycles. The molecule has 2 aromatic carbocycles. The number of halogens is 1. The SMILES string of the molecule is COc1cccc(C(C#N)C(=O)c2cccc(Br)c2)c1. The zero-order valence-corrected chi connectivity index (χ0v) is 12.4. The summed E-state index contributed by atoms with van der Waals surface area (Å²) in [6, 6.07) is 16.1. The number of ether oxygens (including phenoxy) is 1. The quantitative estimate of drug-likeness (QED) is 0.798. The minimum atomic E-state index is -0.834. The molecule has 2 rings (SSSR count). The second kappa shape index (κ2) is 6.36. The molecule has 20 heavy (non-hydrogen) atoms. The third-order valence-corrected chi connectivity index (χ3v) is 3.42. The second-order valence-corrected chi connectivity index (χ2v) is 5.13. The number of hydrogen-bond acceptors (Lipinski definition) is 3. The lowest BCUT2D eigenvalue weighted by molar-refractivity contribution is 0.0979. The predicted octanol–water partition coefficient (Wildman–Crippen LogP) is 3.95. The first-order chi connectivity index (χ1) is 9.65. The molecule has 100 valence electrons. The van der Waals surface area contributed by atoms with Crippen molar-refractivity contribution >= 4 is 21.7 Å². The molecule has 3 nitrogen and oxygen atoms in total. The predicted molar refractivity (Wildman–Crippen MR) is 79.8 cm³/mol. The standard InChI is InChI=1S/C16H12BrNO2/c1-20-14-7-3-4-11(9-14)15(10-18)16(19)12-5-2-6-13(17)8-12/h2-9,15H,1H3. The van der Waals surface area contributed by atoms with Gasteiger partial charge in [-0.3, -0.25) is 4.79 Å². The Morgan fingerprint density at radius 2 is 2.00 bits per heavy atom. The number of nitrogens with zero attached hydrogens (tertiary/aromatic N) is 1. The van der Waals surface area contributed by atoms with Gasteiger partial charge >= 0.3 is 0 Å². The van der Waals surface area contributed by atoms with E-state index in [1.807, 2.05) is 6.07 Å². The van der Waals surface area contributed by atoms with Crippen molar-refractivity contribution < 1.29 is 9.53 Å². The van der Waals surface area contributed by atoms with E-state index in [1.54, 1.807) is 49.6 Å². The van der Waals surface area contributed by atoms with Crippen molar-refractivity contribution in [1.29, 1.82) is 5.26 Å². The van der Waals surface area contributed by atoms with Gasteiger partial charge in [0.2, 0.25) is 0 Å². The van der Waals surface area contributed by atoms with Gasteiger partial charge in [0.1, 0.15) is 11.7 Å². The Morgan fingerprint density at radius 3 is 2.65 bits per heavy atom. The van der Waals surface area contributed by atoms with Crippen LogP contribution in [0.1, 0.15) is 21.8 Å². The molecule has 0 spiro atoms. The van der Waals surface area contributed by atoms with E-state index in [-0.39, 0.29) is 5.78 Å². The number of rotatable bonds is 4. The molecule has 4 heteroatoms. The fourth-order valence-corrected chi connectivity index (χ4v) is 2.31. The molecule has 0 radical (unpaired) electrons. The van der Waals surface area contributed by atoms with Gasteiger partial charge in [-0.1, -0.05) is 40.2 Å². The number of carbonyl (C=O) groups excluding carboxylic acids is 1. The van der Waals surface area contributed by atoms with Gasteiger partial charge in [0.25, 0.3) is 0 Å². The maximum absolute atomic E-state index is 12.4. The van der Waals surface area contributed by atoms with Crippen LogP contribution in [0.5, 0.6) is 5.75 Å². The highest BCUT2D eigenvalue weighted by Gasteiger charge is 2.22. The van der Waals surface area contributed by atoms with Crippen LogP contribution in [-0.4, -0.2) is 12.9 Å². The van der Waals surface area contributed by atoms with Gasteiger partial charge in [0.15, 0.2) is 5.78 Å². The third kappa shape index (κ3) is 3.06. The molecule has 2 aromatic rings. The van der Waals surface area contributed by atoms with Crippen LogP contribution in [0.25, 0.3) is 0 Å². The fraction of sp³-hybridized carbons (Fsp3) is 0.125. The van der Waals surface area contributed by atoms with Gasteiger partial charge in [-0.05, 0) is 29.8 Å². The van der Waals surface area contributed by atoms with Crippen LogP contribution < -0.4 is 4.74 Å². The van der Waals surface area contributed by atoms with E-state index >= 15 is 0 Å². The number of ketones is 1. The van der Waals surface area contributed by atoms with E-state index < -0.39 is 5.92 Å². The second-order valence-electron chi connectivity index (χ2n) is 4.21. The Hall–Kier alpha value is -2.12. The normalized spacial score (nSPS) is 11.4. The summed E-state index contributed by atoms with van der Waals surface area (Å²) in [5.41, 5.74) is 1.14. The maximum atomic E-state index is 12.4. The lowest BCUT2D eigenvalue weighted by Crippen LogP contribution is -2.11. The number of Topliss-reactive ketones (excluding diaryl/α,β-unsaturated/α-hetero) is 1. The van der Waals surface area contributed by atoms with Crippen LogP contribution >= 0.6 is 15.9 Å². The lowest BCUT2D eigenvalue weighted by atomic mass is 9.92. The highest BCUT2D eigenvalue weighted by molar-refractivity contribution is 9.10. The first kappa shape index (κ1) is 14.3. The molecule has 0 aromatic heterocycles. The molecule has 0 N–H and O–H groups in total. The molecule has 0 aliphatic rings. The smallest absolute Gasteiger partial charge is 0.184 e. The number of methoxy groups -OCH3 is 1. The Kier molecular flexibility index (Phi) is 4.54. The first-order valence-electron chi connectivity index (χ1n) is 5.99. The highest BCUT2D eigenvalue weighted by Crippen LogP contribution is 2.25. The van der Waals surface area contributed by atoms with Crippen LogP contribution in [0.4, 0.5) is 0 Å². The molecule has 0 saturated carbocycles. The zero-order valence-electron chi connectivity index (χ0n) is 10.8. The Bertz CT molecular complexity index is 676. The molecule has 0 amide bonds. The van der Waals surface area contributed by atoms with Crippen LogP contribution in [-0.2, 0) is 0 Å². The van der Waals surface area contributed by atoms with E-state index in [0.717, 1.165) is 4.47 Å². The minimum Gasteiger partial charge on any atom is -0.497 e. The molecule has 0 bridgehead atoms. The lowest BCUT2D eigenvalue weighted by Gasteiger charge is -2.10. The molecule has 1 atom stereocenters. The summed E-state index contributed by atoms with van der Waals surface area (Å²) in [5.74, 6) is -0.425. The van der Waals surface area contributed by atoms with E-state index in [2.05, 4.69) is 22.0 Å². The van der Waals surface area contributed by atoms with E-state index in [9.17, 15) is 10.1 Å². The minimum absolute atomic E-state index is 0.220. The topological polar surface area (TPSA) is 50.1 Å². The van der Waals surface area contributed by atoms with Gasteiger partial charge < -0.3 is 4.74 Å². The van der Waals surface area contributed by atoms with Crippen molar-refractivity contribution in [2.75, 3.05) is 7.11 Å². The maximum Gasteiger partial charge on any atom is 0.184 e. The number of benzene rings is 2. The molecular weight excluding hydrogens is 318 g/mol. The first-order valence-corrected chi connectivity index (χ1v) is 6.78. The van der Waals surface area contributed by atoms with Gasteiger partial charge in [0.05, 0.1) is 13.2 Å². The Morgan fingerprint density at radius 1 is 1.25 bits per heavy atom.